The molecule has 5 heteroatoms. The summed E-state index contributed by atoms with van der Waals surface area (Å²) in [4.78, 5) is 16.3. The summed E-state index contributed by atoms with van der Waals surface area (Å²) in [6.45, 7) is 7.31. The SMILES string of the molecule is COCCCNC(=O)c1cc(Cl)nc(C(C)(C)C)c1. The number of pyridine rings is 1. The Kier molecular flexibility index (Phi) is 5.76. The molecule has 1 heterocycles. The third kappa shape index (κ3) is 5.17. The zero-order valence-electron chi connectivity index (χ0n) is 11.9. The van der Waals surface area contributed by atoms with Gasteiger partial charge in [0.2, 0.25) is 0 Å². The number of hydrogen-bond donors (Lipinski definition) is 1. The molecule has 0 saturated carbocycles. The maximum absolute atomic E-state index is 12.0. The smallest absolute Gasteiger partial charge is 0.251 e. The second-order valence-electron chi connectivity index (χ2n) is 5.42. The highest BCUT2D eigenvalue weighted by Gasteiger charge is 2.18. The fourth-order valence-corrected chi connectivity index (χ4v) is 1.74. The van der Waals surface area contributed by atoms with E-state index < -0.39 is 0 Å². The van der Waals surface area contributed by atoms with E-state index in [2.05, 4.69) is 10.3 Å². The fourth-order valence-electron chi connectivity index (χ4n) is 1.53. The van der Waals surface area contributed by atoms with Crippen LogP contribution in [0.2, 0.25) is 5.15 Å². The van der Waals surface area contributed by atoms with Gasteiger partial charge in [-0.05, 0) is 18.6 Å². The van der Waals surface area contributed by atoms with Crippen LogP contribution in [0.1, 0.15) is 43.2 Å². The first-order valence-corrected chi connectivity index (χ1v) is 6.67. The molecule has 0 spiro atoms. The van der Waals surface area contributed by atoms with Gasteiger partial charge in [-0.3, -0.25) is 4.79 Å². The van der Waals surface area contributed by atoms with Gasteiger partial charge in [-0.2, -0.15) is 0 Å². The van der Waals surface area contributed by atoms with Crippen LogP contribution in [0.3, 0.4) is 0 Å². The summed E-state index contributed by atoms with van der Waals surface area (Å²) in [6, 6.07) is 3.37. The number of halogens is 1. The van der Waals surface area contributed by atoms with E-state index in [-0.39, 0.29) is 11.3 Å². The van der Waals surface area contributed by atoms with Gasteiger partial charge in [-0.25, -0.2) is 4.98 Å². The van der Waals surface area contributed by atoms with E-state index in [0.29, 0.717) is 23.9 Å². The summed E-state index contributed by atoms with van der Waals surface area (Å²) in [7, 11) is 1.64. The number of rotatable bonds is 5. The van der Waals surface area contributed by atoms with Gasteiger partial charge in [0.05, 0.1) is 0 Å². The lowest BCUT2D eigenvalue weighted by molar-refractivity contribution is 0.0948. The van der Waals surface area contributed by atoms with Crippen LogP contribution in [0.15, 0.2) is 12.1 Å². The average molecular weight is 285 g/mol. The fraction of sp³-hybridized carbons (Fsp3) is 0.571. The summed E-state index contributed by atoms with van der Waals surface area (Å²) in [5.74, 6) is -0.133. The van der Waals surface area contributed by atoms with Crippen LogP contribution in [0.4, 0.5) is 0 Å². The predicted molar refractivity (Wildman–Crippen MR) is 76.8 cm³/mol. The van der Waals surface area contributed by atoms with Crippen molar-refractivity contribution in [3.8, 4) is 0 Å². The van der Waals surface area contributed by atoms with E-state index in [9.17, 15) is 4.79 Å². The van der Waals surface area contributed by atoms with E-state index in [1.54, 1.807) is 19.2 Å². The molecule has 19 heavy (non-hydrogen) atoms. The van der Waals surface area contributed by atoms with Crippen LogP contribution < -0.4 is 5.32 Å². The van der Waals surface area contributed by atoms with Crippen molar-refractivity contribution in [3.63, 3.8) is 0 Å². The normalized spacial score (nSPS) is 11.4. The molecule has 0 aliphatic rings. The first-order chi connectivity index (χ1) is 8.84. The first-order valence-electron chi connectivity index (χ1n) is 6.30. The number of carbonyl (C=O) groups excluding carboxylic acids is 1. The monoisotopic (exact) mass is 284 g/mol. The minimum absolute atomic E-state index is 0.133. The minimum atomic E-state index is -0.143. The predicted octanol–water partition coefficient (Wildman–Crippen LogP) is 2.80. The van der Waals surface area contributed by atoms with Gasteiger partial charge in [0.15, 0.2) is 0 Å². The van der Waals surface area contributed by atoms with Crippen LogP contribution in [0.5, 0.6) is 0 Å². The Morgan fingerprint density at radius 1 is 1.42 bits per heavy atom. The maximum atomic E-state index is 12.0. The highest BCUT2D eigenvalue weighted by atomic mass is 35.5. The van der Waals surface area contributed by atoms with Gasteiger partial charge in [0, 0.05) is 36.9 Å². The first kappa shape index (κ1) is 15.9. The van der Waals surface area contributed by atoms with Crippen LogP contribution >= 0.6 is 11.6 Å². The molecule has 1 amide bonds. The molecule has 1 rings (SSSR count). The molecule has 0 bridgehead atoms. The van der Waals surface area contributed by atoms with Crippen molar-refractivity contribution < 1.29 is 9.53 Å². The van der Waals surface area contributed by atoms with Crippen LogP contribution in [-0.2, 0) is 10.2 Å². The third-order valence-electron chi connectivity index (χ3n) is 2.64. The molecule has 0 fully saturated rings. The maximum Gasteiger partial charge on any atom is 0.251 e. The average Bonchev–Trinajstić information content (AvgIpc) is 2.32. The van der Waals surface area contributed by atoms with Gasteiger partial charge >= 0.3 is 0 Å². The zero-order valence-corrected chi connectivity index (χ0v) is 12.7. The number of carbonyl (C=O) groups is 1. The van der Waals surface area contributed by atoms with Crippen LogP contribution in [-0.4, -0.2) is 31.2 Å². The highest BCUT2D eigenvalue weighted by molar-refractivity contribution is 6.29. The summed E-state index contributed by atoms with van der Waals surface area (Å²) in [5, 5.41) is 3.18. The van der Waals surface area contributed by atoms with Gasteiger partial charge in [-0.15, -0.1) is 0 Å². The standard InChI is InChI=1S/C14H21ClN2O2/c1-14(2,3)11-8-10(9-12(15)17-11)13(18)16-6-5-7-19-4/h8-9H,5-7H2,1-4H3,(H,16,18). The summed E-state index contributed by atoms with van der Waals surface area (Å²) < 4.78 is 4.93. The molecule has 0 aliphatic heterocycles. The molecule has 1 N–H and O–H groups in total. The van der Waals surface area contributed by atoms with E-state index in [4.69, 9.17) is 16.3 Å². The lowest BCUT2D eigenvalue weighted by atomic mass is 9.91. The van der Waals surface area contributed by atoms with E-state index in [1.807, 2.05) is 20.8 Å². The second-order valence-corrected chi connectivity index (χ2v) is 5.80. The van der Waals surface area contributed by atoms with Crippen LogP contribution in [0.25, 0.3) is 0 Å². The quantitative estimate of drug-likeness (QED) is 0.668. The Morgan fingerprint density at radius 2 is 2.11 bits per heavy atom. The van der Waals surface area contributed by atoms with Crippen molar-refractivity contribution in [1.29, 1.82) is 0 Å². The summed E-state index contributed by atoms with van der Waals surface area (Å²) >= 11 is 5.97. The molecule has 0 saturated heterocycles. The van der Waals surface area contributed by atoms with Gasteiger partial charge in [0.1, 0.15) is 5.15 Å². The molecule has 4 nitrogen and oxygen atoms in total. The van der Waals surface area contributed by atoms with Crippen molar-refractivity contribution >= 4 is 17.5 Å². The van der Waals surface area contributed by atoms with Crippen molar-refractivity contribution in [2.45, 2.75) is 32.6 Å². The largest absolute Gasteiger partial charge is 0.385 e. The van der Waals surface area contributed by atoms with Gasteiger partial charge in [0.25, 0.3) is 5.91 Å². The number of aromatic nitrogens is 1. The number of methoxy groups -OCH3 is 1. The Morgan fingerprint density at radius 3 is 2.68 bits per heavy atom. The number of hydrogen-bond acceptors (Lipinski definition) is 3. The second kappa shape index (κ2) is 6.87. The van der Waals surface area contributed by atoms with Crippen molar-refractivity contribution in [1.82, 2.24) is 10.3 Å². The number of nitrogens with zero attached hydrogens (tertiary/aromatic N) is 1. The van der Waals surface area contributed by atoms with E-state index in [1.165, 1.54) is 0 Å². The Labute approximate surface area is 119 Å². The molecule has 1 aromatic rings. The molecule has 106 valence electrons. The molecule has 0 aliphatic carbocycles. The van der Waals surface area contributed by atoms with Crippen molar-refractivity contribution in [2.24, 2.45) is 0 Å². The topological polar surface area (TPSA) is 51.2 Å². The molecular weight excluding hydrogens is 264 g/mol. The Balaban J connectivity index is 2.77. The Hall–Kier alpha value is -1.13. The molecular formula is C14H21ClN2O2. The van der Waals surface area contributed by atoms with E-state index >= 15 is 0 Å². The lowest BCUT2D eigenvalue weighted by Gasteiger charge is -2.18. The highest BCUT2D eigenvalue weighted by Crippen LogP contribution is 2.23. The molecule has 0 unspecified atom stereocenters. The number of amides is 1. The van der Waals surface area contributed by atoms with Crippen molar-refractivity contribution in [3.05, 3.63) is 28.5 Å². The summed E-state index contributed by atoms with van der Waals surface area (Å²) in [6.07, 6.45) is 0.785. The van der Waals surface area contributed by atoms with Gasteiger partial charge < -0.3 is 10.1 Å². The molecule has 1 aromatic heterocycles. The Bertz CT molecular complexity index is 442. The minimum Gasteiger partial charge on any atom is -0.385 e. The molecule has 0 radical (unpaired) electrons. The zero-order chi connectivity index (χ0) is 14.5. The third-order valence-corrected chi connectivity index (χ3v) is 2.83. The lowest BCUT2D eigenvalue weighted by Crippen LogP contribution is -2.26. The molecule has 0 aromatic carbocycles. The number of nitrogens with one attached hydrogen (secondary N) is 1. The number of ether oxygens (including phenoxy) is 1. The van der Waals surface area contributed by atoms with Gasteiger partial charge in [-0.1, -0.05) is 32.4 Å². The summed E-state index contributed by atoms with van der Waals surface area (Å²) in [5.41, 5.74) is 1.21. The van der Waals surface area contributed by atoms with E-state index in [0.717, 1.165) is 12.1 Å². The molecule has 0 atom stereocenters. The van der Waals surface area contributed by atoms with Crippen LogP contribution in [0, 0.1) is 0 Å². The van der Waals surface area contributed by atoms with Crippen molar-refractivity contribution in [2.75, 3.05) is 20.3 Å².